The number of esters is 1. The van der Waals surface area contributed by atoms with Gasteiger partial charge in [0, 0.05) is 26.2 Å². The van der Waals surface area contributed by atoms with Crippen molar-refractivity contribution in [1.29, 1.82) is 0 Å². The molecule has 0 bridgehead atoms. The van der Waals surface area contributed by atoms with Crippen LogP contribution in [0.2, 0.25) is 0 Å². The van der Waals surface area contributed by atoms with Crippen LogP contribution in [0.25, 0.3) is 0 Å². The maximum atomic E-state index is 12.1. The van der Waals surface area contributed by atoms with Crippen molar-refractivity contribution in [2.45, 2.75) is 30.9 Å². The van der Waals surface area contributed by atoms with Gasteiger partial charge in [-0.3, -0.25) is 9.79 Å². The number of nitrogens with zero attached hydrogens (tertiary/aromatic N) is 2. The van der Waals surface area contributed by atoms with E-state index in [0.717, 1.165) is 19.4 Å². The summed E-state index contributed by atoms with van der Waals surface area (Å²) in [4.78, 5) is 18.6. The minimum Gasteiger partial charge on any atom is -0.466 e. The molecule has 8 nitrogen and oxygen atoms in total. The lowest BCUT2D eigenvalue weighted by molar-refractivity contribution is -0.149. The van der Waals surface area contributed by atoms with Crippen LogP contribution in [0.3, 0.4) is 0 Å². The third-order valence-corrected chi connectivity index (χ3v) is 6.96. The van der Waals surface area contributed by atoms with Crippen LogP contribution < -0.4 is 10.0 Å². The van der Waals surface area contributed by atoms with Gasteiger partial charge in [0.25, 0.3) is 0 Å². The van der Waals surface area contributed by atoms with Crippen LogP contribution in [0.15, 0.2) is 26.7 Å². The maximum absolute atomic E-state index is 12.1. The number of aliphatic imine (C=N–C) groups is 1. The highest BCUT2D eigenvalue weighted by Gasteiger charge is 2.28. The molecule has 11 heteroatoms. The van der Waals surface area contributed by atoms with Crippen molar-refractivity contribution in [2.24, 2.45) is 10.9 Å². The van der Waals surface area contributed by atoms with Crippen LogP contribution in [0.1, 0.15) is 26.7 Å². The van der Waals surface area contributed by atoms with Crippen LogP contribution in [-0.4, -0.2) is 64.6 Å². The molecule has 0 saturated carbocycles. The summed E-state index contributed by atoms with van der Waals surface area (Å²) in [6, 6.07) is 3.28. The van der Waals surface area contributed by atoms with Gasteiger partial charge in [-0.1, -0.05) is 6.07 Å². The van der Waals surface area contributed by atoms with Crippen LogP contribution in [0, 0.1) is 5.92 Å². The van der Waals surface area contributed by atoms with E-state index in [1.807, 2.05) is 11.8 Å². The summed E-state index contributed by atoms with van der Waals surface area (Å²) >= 11 is 1.18. The number of likely N-dealkylation sites (tertiary alicyclic amines) is 1. The van der Waals surface area contributed by atoms with Crippen molar-refractivity contribution >= 4 is 57.3 Å². The average molecular weight is 544 g/mol. The predicted molar refractivity (Wildman–Crippen MR) is 122 cm³/mol. The summed E-state index contributed by atoms with van der Waals surface area (Å²) in [6.07, 6.45) is 1.70. The van der Waals surface area contributed by atoms with Crippen LogP contribution >= 0.6 is 35.3 Å². The quantitative estimate of drug-likeness (QED) is 0.171. The number of hydrogen-bond donors (Lipinski definition) is 2. The van der Waals surface area contributed by atoms with Gasteiger partial charge in [-0.2, -0.15) is 0 Å². The van der Waals surface area contributed by atoms with Crippen molar-refractivity contribution in [3.05, 3.63) is 17.5 Å². The van der Waals surface area contributed by atoms with Crippen molar-refractivity contribution in [3.8, 4) is 0 Å². The van der Waals surface area contributed by atoms with Gasteiger partial charge in [-0.15, -0.1) is 35.3 Å². The lowest BCUT2D eigenvalue weighted by Gasteiger charge is -2.34. The first kappa shape index (κ1) is 25.1. The van der Waals surface area contributed by atoms with Crippen molar-refractivity contribution in [1.82, 2.24) is 14.9 Å². The van der Waals surface area contributed by atoms with Gasteiger partial charge in [-0.05, 0) is 38.1 Å². The lowest BCUT2D eigenvalue weighted by Crippen LogP contribution is -2.48. The number of halogens is 1. The highest BCUT2D eigenvalue weighted by molar-refractivity contribution is 14.0. The SMILES string of the molecule is CCNC(=NCCNS(=O)(=O)c1cccs1)N1CCCC(C(=O)OCC)C1.I. The molecule has 1 atom stereocenters. The number of piperidine rings is 1. The normalized spacial score (nSPS) is 17.7. The second-order valence-corrected chi connectivity index (χ2v) is 9.04. The molecular formula is C17H29IN4O4S2. The third-order valence-electron chi connectivity index (χ3n) is 4.10. The molecule has 160 valence electrons. The molecule has 1 saturated heterocycles. The molecule has 0 radical (unpaired) electrons. The van der Waals surface area contributed by atoms with Crippen LogP contribution in [0.4, 0.5) is 0 Å². The van der Waals surface area contributed by atoms with E-state index < -0.39 is 10.0 Å². The molecule has 0 aliphatic carbocycles. The van der Waals surface area contributed by atoms with E-state index in [1.165, 1.54) is 11.3 Å². The summed E-state index contributed by atoms with van der Waals surface area (Å²) in [6.45, 7) is 6.75. The zero-order valence-electron chi connectivity index (χ0n) is 16.2. The van der Waals surface area contributed by atoms with E-state index in [2.05, 4.69) is 15.0 Å². The highest BCUT2D eigenvalue weighted by Crippen LogP contribution is 2.18. The van der Waals surface area contributed by atoms with E-state index in [9.17, 15) is 13.2 Å². The number of guanidine groups is 1. The van der Waals surface area contributed by atoms with Gasteiger partial charge in [0.05, 0.1) is 19.1 Å². The number of ether oxygens (including phenoxy) is 1. The fourth-order valence-corrected chi connectivity index (χ4v) is 4.94. The first-order valence-electron chi connectivity index (χ1n) is 9.21. The van der Waals surface area contributed by atoms with Gasteiger partial charge in [0.15, 0.2) is 5.96 Å². The summed E-state index contributed by atoms with van der Waals surface area (Å²) in [7, 11) is -3.47. The third kappa shape index (κ3) is 7.48. The first-order chi connectivity index (χ1) is 13.0. The Morgan fingerprint density at radius 3 is 2.86 bits per heavy atom. The highest BCUT2D eigenvalue weighted by atomic mass is 127. The second-order valence-electron chi connectivity index (χ2n) is 6.10. The smallest absolute Gasteiger partial charge is 0.310 e. The Morgan fingerprint density at radius 1 is 1.43 bits per heavy atom. The molecule has 0 aromatic carbocycles. The summed E-state index contributed by atoms with van der Waals surface area (Å²) in [5, 5.41) is 4.95. The molecule has 2 N–H and O–H groups in total. The molecule has 1 aliphatic heterocycles. The number of carbonyl (C=O) groups excluding carboxylic acids is 1. The van der Waals surface area contributed by atoms with Crippen molar-refractivity contribution in [2.75, 3.05) is 39.3 Å². The molecule has 2 heterocycles. The fourth-order valence-electron chi connectivity index (χ4n) is 2.88. The standard InChI is InChI=1S/C17H28N4O4S2.HI/c1-3-18-17(21-11-5-7-14(13-21)16(22)25-4-2)19-9-10-20-27(23,24)15-8-6-12-26-15;/h6,8,12,14,20H,3-5,7,9-11,13H2,1-2H3,(H,18,19);1H. The number of thiophene rings is 1. The Kier molecular flexibility index (Phi) is 11.3. The molecule has 0 spiro atoms. The Hall–Kier alpha value is -0.920. The zero-order chi connectivity index (χ0) is 19.7. The van der Waals surface area contributed by atoms with E-state index in [0.29, 0.717) is 36.4 Å². The second kappa shape index (κ2) is 12.6. The van der Waals surface area contributed by atoms with E-state index in [1.54, 1.807) is 24.4 Å². The van der Waals surface area contributed by atoms with Crippen LogP contribution in [0.5, 0.6) is 0 Å². The number of nitrogens with one attached hydrogen (secondary N) is 2. The molecular weight excluding hydrogens is 515 g/mol. The molecule has 2 rings (SSSR count). The Labute approximate surface area is 188 Å². The minimum absolute atomic E-state index is 0. The first-order valence-corrected chi connectivity index (χ1v) is 11.6. The van der Waals surface area contributed by atoms with E-state index >= 15 is 0 Å². The summed E-state index contributed by atoms with van der Waals surface area (Å²) < 4.78 is 32.2. The Balaban J connectivity index is 0.00000392. The molecule has 28 heavy (non-hydrogen) atoms. The average Bonchev–Trinajstić information content (AvgIpc) is 3.20. The fraction of sp³-hybridized carbons (Fsp3) is 0.647. The van der Waals surface area contributed by atoms with Gasteiger partial charge in [0.1, 0.15) is 4.21 Å². The largest absolute Gasteiger partial charge is 0.466 e. The monoisotopic (exact) mass is 544 g/mol. The number of hydrogen-bond acceptors (Lipinski definition) is 6. The number of carbonyl (C=O) groups is 1. The van der Waals surface area contributed by atoms with E-state index in [4.69, 9.17) is 4.74 Å². The van der Waals surface area contributed by atoms with Gasteiger partial charge < -0.3 is 15.0 Å². The van der Waals surface area contributed by atoms with E-state index in [-0.39, 0.29) is 42.4 Å². The van der Waals surface area contributed by atoms with Gasteiger partial charge >= 0.3 is 5.97 Å². The Bertz CT molecular complexity index is 726. The van der Waals surface area contributed by atoms with Crippen molar-refractivity contribution in [3.63, 3.8) is 0 Å². The molecule has 1 aliphatic rings. The topological polar surface area (TPSA) is 100 Å². The molecule has 1 fully saturated rings. The van der Waals surface area contributed by atoms with Crippen molar-refractivity contribution < 1.29 is 17.9 Å². The van der Waals surface area contributed by atoms with Gasteiger partial charge in [-0.25, -0.2) is 13.1 Å². The molecule has 1 aromatic rings. The molecule has 0 amide bonds. The number of sulfonamides is 1. The lowest BCUT2D eigenvalue weighted by atomic mass is 9.98. The Morgan fingerprint density at radius 2 is 2.21 bits per heavy atom. The minimum atomic E-state index is -3.47. The van der Waals surface area contributed by atoms with Crippen LogP contribution in [-0.2, 0) is 19.6 Å². The summed E-state index contributed by atoms with van der Waals surface area (Å²) in [5.41, 5.74) is 0. The zero-order valence-corrected chi connectivity index (χ0v) is 20.2. The molecule has 1 unspecified atom stereocenters. The number of rotatable bonds is 8. The molecule has 1 aromatic heterocycles. The maximum Gasteiger partial charge on any atom is 0.310 e. The predicted octanol–water partition coefficient (Wildman–Crippen LogP) is 1.89. The summed E-state index contributed by atoms with van der Waals surface area (Å²) in [5.74, 6) is 0.378. The van der Waals surface area contributed by atoms with Gasteiger partial charge in [0.2, 0.25) is 10.0 Å².